The molecular formula is C22H22N4. The summed E-state index contributed by atoms with van der Waals surface area (Å²) in [4.78, 5) is 9.04. The Balaban J connectivity index is 1.48. The maximum Gasteiger partial charge on any atom is 0.110 e. The van der Waals surface area contributed by atoms with Gasteiger partial charge in [-0.05, 0) is 49.7 Å². The monoisotopic (exact) mass is 342 g/mol. The second-order valence-electron chi connectivity index (χ2n) is 6.55. The Morgan fingerprint density at radius 2 is 1.77 bits per heavy atom. The number of hydrogen-bond donors (Lipinski definition) is 1. The number of benzene rings is 2. The van der Waals surface area contributed by atoms with E-state index in [0.29, 0.717) is 0 Å². The Labute approximate surface area is 153 Å². The van der Waals surface area contributed by atoms with Crippen molar-refractivity contribution >= 4 is 10.9 Å². The lowest BCUT2D eigenvalue weighted by Gasteiger charge is -2.11. The maximum absolute atomic E-state index is 4.56. The van der Waals surface area contributed by atoms with Crippen LogP contribution >= 0.6 is 0 Å². The van der Waals surface area contributed by atoms with Crippen LogP contribution in [0.4, 0.5) is 0 Å². The Hall–Kier alpha value is -2.98. The van der Waals surface area contributed by atoms with Gasteiger partial charge in [-0.15, -0.1) is 0 Å². The average Bonchev–Trinajstić information content (AvgIpc) is 3.03. The molecule has 1 N–H and O–H groups in total. The molecule has 26 heavy (non-hydrogen) atoms. The molecule has 0 saturated heterocycles. The van der Waals surface area contributed by atoms with Crippen molar-refractivity contribution in [3.63, 3.8) is 0 Å². The number of aryl methyl sites for hydroxylation is 2. The highest BCUT2D eigenvalue weighted by Gasteiger charge is 2.08. The van der Waals surface area contributed by atoms with Gasteiger partial charge < -0.3 is 5.32 Å². The van der Waals surface area contributed by atoms with Crippen LogP contribution in [0.1, 0.15) is 22.8 Å². The number of para-hydroxylation sites is 1. The van der Waals surface area contributed by atoms with Crippen LogP contribution in [-0.2, 0) is 13.1 Å². The SMILES string of the molecule is Cc1ccc2cc(CNCc3cnc(C)n3-c3ccccc3)ccc2n1. The van der Waals surface area contributed by atoms with Crippen molar-refractivity contribution in [2.24, 2.45) is 0 Å². The normalized spacial score (nSPS) is 11.2. The number of hydrogen-bond acceptors (Lipinski definition) is 3. The zero-order chi connectivity index (χ0) is 17.9. The van der Waals surface area contributed by atoms with E-state index in [1.165, 1.54) is 10.9 Å². The summed E-state index contributed by atoms with van der Waals surface area (Å²) in [6.45, 7) is 5.63. The van der Waals surface area contributed by atoms with Gasteiger partial charge in [-0.3, -0.25) is 9.55 Å². The molecule has 0 amide bonds. The van der Waals surface area contributed by atoms with Crippen LogP contribution in [0.15, 0.2) is 66.9 Å². The number of imidazole rings is 1. The van der Waals surface area contributed by atoms with E-state index in [0.717, 1.165) is 41.5 Å². The summed E-state index contributed by atoms with van der Waals surface area (Å²) in [5, 5.41) is 4.72. The molecule has 4 heteroatoms. The van der Waals surface area contributed by atoms with Gasteiger partial charge in [-0.25, -0.2) is 4.98 Å². The standard InChI is InChI=1S/C22H22N4/c1-16-8-10-19-12-18(9-11-22(19)25-16)13-23-14-21-15-24-17(2)26(21)20-6-4-3-5-7-20/h3-12,15,23H,13-14H2,1-2H3. The Morgan fingerprint density at radius 1 is 0.923 bits per heavy atom. The first-order valence-electron chi connectivity index (χ1n) is 8.86. The summed E-state index contributed by atoms with van der Waals surface area (Å²) in [5.41, 5.74) is 5.66. The first kappa shape index (κ1) is 16.5. The zero-order valence-corrected chi connectivity index (χ0v) is 15.1. The fourth-order valence-corrected chi connectivity index (χ4v) is 3.27. The van der Waals surface area contributed by atoms with E-state index in [4.69, 9.17) is 0 Å². The van der Waals surface area contributed by atoms with Crippen molar-refractivity contribution in [1.29, 1.82) is 0 Å². The van der Waals surface area contributed by atoms with E-state index in [1.54, 1.807) is 0 Å². The molecule has 2 aromatic carbocycles. The Morgan fingerprint density at radius 3 is 2.62 bits per heavy atom. The number of rotatable bonds is 5. The number of aromatic nitrogens is 3. The third kappa shape index (κ3) is 3.37. The predicted octanol–water partition coefficient (Wildman–Crippen LogP) is 4.33. The second kappa shape index (κ2) is 7.10. The summed E-state index contributed by atoms with van der Waals surface area (Å²) in [7, 11) is 0. The quantitative estimate of drug-likeness (QED) is 0.587. The Bertz CT molecular complexity index is 1030. The van der Waals surface area contributed by atoms with Gasteiger partial charge in [0.2, 0.25) is 0 Å². The van der Waals surface area contributed by atoms with E-state index in [9.17, 15) is 0 Å². The van der Waals surface area contributed by atoms with Crippen molar-refractivity contribution in [3.8, 4) is 5.69 Å². The number of pyridine rings is 1. The molecule has 0 aliphatic carbocycles. The summed E-state index contributed by atoms with van der Waals surface area (Å²) >= 11 is 0. The van der Waals surface area contributed by atoms with Crippen LogP contribution in [0.25, 0.3) is 16.6 Å². The number of nitrogens with zero attached hydrogens (tertiary/aromatic N) is 3. The van der Waals surface area contributed by atoms with E-state index < -0.39 is 0 Å². The lowest BCUT2D eigenvalue weighted by atomic mass is 10.1. The van der Waals surface area contributed by atoms with Crippen molar-refractivity contribution in [1.82, 2.24) is 19.9 Å². The molecule has 0 aliphatic rings. The van der Waals surface area contributed by atoms with Crippen LogP contribution in [0.2, 0.25) is 0 Å². The van der Waals surface area contributed by atoms with Gasteiger partial charge in [0, 0.05) is 29.9 Å². The van der Waals surface area contributed by atoms with Crippen LogP contribution < -0.4 is 5.32 Å². The molecule has 0 bridgehead atoms. The molecule has 4 aromatic rings. The fourth-order valence-electron chi connectivity index (χ4n) is 3.27. The third-order valence-corrected chi connectivity index (χ3v) is 4.55. The Kier molecular flexibility index (Phi) is 4.50. The van der Waals surface area contributed by atoms with Crippen molar-refractivity contribution in [3.05, 3.63) is 89.6 Å². The lowest BCUT2D eigenvalue weighted by Crippen LogP contribution is -2.15. The number of nitrogens with one attached hydrogen (secondary N) is 1. The van der Waals surface area contributed by atoms with Gasteiger partial charge >= 0.3 is 0 Å². The highest BCUT2D eigenvalue weighted by Crippen LogP contribution is 2.16. The number of fused-ring (bicyclic) bond motifs is 1. The van der Waals surface area contributed by atoms with Crippen LogP contribution in [-0.4, -0.2) is 14.5 Å². The first-order chi connectivity index (χ1) is 12.7. The van der Waals surface area contributed by atoms with E-state index in [1.807, 2.05) is 26.1 Å². The minimum atomic E-state index is 0.764. The van der Waals surface area contributed by atoms with Gasteiger partial charge in [0.15, 0.2) is 0 Å². The summed E-state index contributed by atoms with van der Waals surface area (Å²) in [6, 6.07) is 21.0. The van der Waals surface area contributed by atoms with E-state index in [2.05, 4.69) is 74.4 Å². The molecule has 4 nitrogen and oxygen atoms in total. The first-order valence-corrected chi connectivity index (χ1v) is 8.86. The smallest absolute Gasteiger partial charge is 0.110 e. The van der Waals surface area contributed by atoms with Gasteiger partial charge in [0.05, 0.1) is 17.4 Å². The summed E-state index contributed by atoms with van der Waals surface area (Å²) < 4.78 is 2.19. The zero-order valence-electron chi connectivity index (χ0n) is 15.1. The van der Waals surface area contributed by atoms with Gasteiger partial charge in [-0.1, -0.05) is 30.3 Å². The molecular weight excluding hydrogens is 320 g/mol. The highest BCUT2D eigenvalue weighted by atomic mass is 15.1. The predicted molar refractivity (Wildman–Crippen MR) is 105 cm³/mol. The molecule has 0 saturated carbocycles. The minimum Gasteiger partial charge on any atom is -0.307 e. The molecule has 0 unspecified atom stereocenters. The molecule has 0 spiro atoms. The topological polar surface area (TPSA) is 42.7 Å². The molecule has 0 radical (unpaired) electrons. The lowest BCUT2D eigenvalue weighted by molar-refractivity contribution is 0.667. The fraction of sp³-hybridized carbons (Fsp3) is 0.182. The molecule has 2 aromatic heterocycles. The van der Waals surface area contributed by atoms with E-state index >= 15 is 0 Å². The van der Waals surface area contributed by atoms with Gasteiger partial charge in [0.25, 0.3) is 0 Å². The van der Waals surface area contributed by atoms with Crippen LogP contribution in [0.5, 0.6) is 0 Å². The summed E-state index contributed by atoms with van der Waals surface area (Å²) in [5.74, 6) is 1.00. The molecule has 2 heterocycles. The van der Waals surface area contributed by atoms with Crippen LogP contribution in [0.3, 0.4) is 0 Å². The third-order valence-electron chi connectivity index (χ3n) is 4.55. The van der Waals surface area contributed by atoms with Crippen molar-refractivity contribution in [2.45, 2.75) is 26.9 Å². The van der Waals surface area contributed by atoms with Gasteiger partial charge in [-0.2, -0.15) is 0 Å². The van der Waals surface area contributed by atoms with Crippen molar-refractivity contribution in [2.75, 3.05) is 0 Å². The van der Waals surface area contributed by atoms with Crippen molar-refractivity contribution < 1.29 is 0 Å². The largest absolute Gasteiger partial charge is 0.307 e. The molecule has 0 atom stereocenters. The molecule has 130 valence electrons. The van der Waals surface area contributed by atoms with Crippen LogP contribution in [0, 0.1) is 13.8 Å². The molecule has 4 rings (SSSR count). The summed E-state index contributed by atoms with van der Waals surface area (Å²) in [6.07, 6.45) is 1.95. The van der Waals surface area contributed by atoms with E-state index in [-0.39, 0.29) is 0 Å². The molecule has 0 fully saturated rings. The van der Waals surface area contributed by atoms with Gasteiger partial charge in [0.1, 0.15) is 5.82 Å². The second-order valence-corrected chi connectivity index (χ2v) is 6.55. The highest BCUT2D eigenvalue weighted by molar-refractivity contribution is 5.79. The minimum absolute atomic E-state index is 0.764. The molecule has 0 aliphatic heterocycles. The average molecular weight is 342 g/mol. The maximum atomic E-state index is 4.56.